The highest BCUT2D eigenvalue weighted by molar-refractivity contribution is 8.14. The molecule has 2 rings (SSSR count). The Morgan fingerprint density at radius 3 is 2.75 bits per heavy atom. The Hall–Kier alpha value is -0.630. The van der Waals surface area contributed by atoms with Crippen molar-refractivity contribution < 1.29 is 19.7 Å². The summed E-state index contributed by atoms with van der Waals surface area (Å²) in [5.41, 5.74) is -0.408. The van der Waals surface area contributed by atoms with Gasteiger partial charge < -0.3 is 20.3 Å². The molecule has 5 atom stereocenters. The molecule has 0 aromatic rings. The molecule has 0 saturated carbocycles. The molecule has 2 aliphatic heterocycles. The first-order valence-electron chi connectivity index (χ1n) is 4.99. The first kappa shape index (κ1) is 11.8. The van der Waals surface area contributed by atoms with Crippen LogP contribution in [0.15, 0.2) is 4.99 Å². The number of ether oxygens (including phenoxy) is 1. The summed E-state index contributed by atoms with van der Waals surface area (Å²) >= 11 is 1.31. The molecule has 0 bridgehead atoms. The number of nitrogens with one attached hydrogen (secondary N) is 1. The number of rotatable bonds is 1. The fourth-order valence-electron chi connectivity index (χ4n) is 1.82. The van der Waals surface area contributed by atoms with E-state index in [1.807, 2.05) is 0 Å². The Morgan fingerprint density at radius 2 is 2.19 bits per heavy atom. The van der Waals surface area contributed by atoms with Crippen molar-refractivity contribution in [3.05, 3.63) is 0 Å². The van der Waals surface area contributed by atoms with Crippen LogP contribution in [0.4, 0.5) is 0 Å². The zero-order valence-electron chi connectivity index (χ0n) is 8.95. The highest BCUT2D eigenvalue weighted by Gasteiger charge is 2.49. The van der Waals surface area contributed by atoms with Crippen molar-refractivity contribution in [2.45, 2.75) is 36.7 Å². The number of carbonyl (C=O) groups is 1. The predicted molar refractivity (Wildman–Crippen MR) is 59.2 cm³/mol. The SMILES string of the molecule is CNC1=N[C@@H]2[C@@H](O)[C@H](O)C(C(C)=O)O[C@@H]2S1. The molecule has 1 unspecified atom stereocenters. The molecular weight excluding hydrogens is 232 g/mol. The minimum absolute atomic E-state index is 0.288. The molecule has 2 heterocycles. The maximum Gasteiger partial charge on any atom is 0.161 e. The van der Waals surface area contributed by atoms with Crippen LogP contribution in [0.1, 0.15) is 6.92 Å². The second-order valence-electron chi connectivity index (χ2n) is 3.81. The Morgan fingerprint density at radius 1 is 1.50 bits per heavy atom. The van der Waals surface area contributed by atoms with Gasteiger partial charge in [-0.2, -0.15) is 0 Å². The zero-order valence-corrected chi connectivity index (χ0v) is 9.77. The van der Waals surface area contributed by atoms with Gasteiger partial charge in [-0.1, -0.05) is 11.8 Å². The fourth-order valence-corrected chi connectivity index (χ4v) is 2.87. The molecule has 0 spiro atoms. The third kappa shape index (κ3) is 1.84. The summed E-state index contributed by atoms with van der Waals surface area (Å²) in [6, 6.07) is -0.516. The summed E-state index contributed by atoms with van der Waals surface area (Å²) in [7, 11) is 1.72. The van der Waals surface area contributed by atoms with Crippen molar-refractivity contribution in [2.24, 2.45) is 4.99 Å². The summed E-state index contributed by atoms with van der Waals surface area (Å²) in [6.07, 6.45) is -3.24. The monoisotopic (exact) mass is 246 g/mol. The summed E-state index contributed by atoms with van der Waals surface area (Å²) in [4.78, 5) is 15.4. The number of hydrogen-bond acceptors (Lipinski definition) is 7. The standard InChI is InChI=1S/C9H14N2O4S/c1-3(12)7-6(14)5(13)4-8(15-7)16-9(10-2)11-4/h4-8,13-14H,1-2H3,(H,10,11)/t4-,5-,6+,7?,8-/m1/s1. The van der Waals surface area contributed by atoms with E-state index in [1.54, 1.807) is 7.05 Å². The lowest BCUT2D eigenvalue weighted by molar-refractivity contribution is -0.167. The number of nitrogens with zero attached hydrogens (tertiary/aromatic N) is 1. The van der Waals surface area contributed by atoms with Gasteiger partial charge in [0.2, 0.25) is 0 Å². The summed E-state index contributed by atoms with van der Waals surface area (Å²) in [6.45, 7) is 1.33. The summed E-state index contributed by atoms with van der Waals surface area (Å²) in [5.74, 6) is -0.288. The molecule has 90 valence electrons. The second-order valence-corrected chi connectivity index (χ2v) is 4.90. The maximum absolute atomic E-state index is 11.2. The van der Waals surface area contributed by atoms with Crippen molar-refractivity contribution in [1.82, 2.24) is 5.32 Å². The van der Waals surface area contributed by atoms with Gasteiger partial charge in [0.25, 0.3) is 0 Å². The number of fused-ring (bicyclic) bond motifs is 1. The summed E-state index contributed by atoms with van der Waals surface area (Å²) < 4.78 is 5.44. The van der Waals surface area contributed by atoms with Gasteiger partial charge in [-0.3, -0.25) is 9.79 Å². The number of amidine groups is 1. The number of thioether (sulfide) groups is 1. The number of aliphatic imine (C=N–C) groups is 1. The molecule has 2 aliphatic rings. The van der Waals surface area contributed by atoms with Crippen LogP contribution in [0.2, 0.25) is 0 Å². The van der Waals surface area contributed by atoms with Crippen LogP contribution in [-0.4, -0.2) is 58.0 Å². The quantitative estimate of drug-likeness (QED) is 0.533. The predicted octanol–water partition coefficient (Wildman–Crippen LogP) is -1.29. The van der Waals surface area contributed by atoms with Gasteiger partial charge in [0.15, 0.2) is 11.0 Å². The van der Waals surface area contributed by atoms with Gasteiger partial charge in [0, 0.05) is 7.05 Å². The third-order valence-electron chi connectivity index (χ3n) is 2.68. The minimum atomic E-state index is -1.21. The number of hydrogen-bond donors (Lipinski definition) is 3. The zero-order chi connectivity index (χ0) is 11.9. The van der Waals surface area contributed by atoms with E-state index < -0.39 is 29.8 Å². The van der Waals surface area contributed by atoms with E-state index >= 15 is 0 Å². The largest absolute Gasteiger partial charge is 0.388 e. The van der Waals surface area contributed by atoms with E-state index in [1.165, 1.54) is 18.7 Å². The molecule has 1 fully saturated rings. The molecule has 0 aromatic carbocycles. The molecular formula is C9H14N2O4S. The van der Waals surface area contributed by atoms with E-state index in [9.17, 15) is 15.0 Å². The first-order valence-corrected chi connectivity index (χ1v) is 5.87. The molecule has 0 amide bonds. The van der Waals surface area contributed by atoms with Crippen LogP contribution in [0, 0.1) is 0 Å². The normalized spacial score (nSPS) is 42.5. The van der Waals surface area contributed by atoms with Crippen molar-refractivity contribution in [3.63, 3.8) is 0 Å². The van der Waals surface area contributed by atoms with Crippen molar-refractivity contribution in [3.8, 4) is 0 Å². The molecule has 0 aromatic heterocycles. The topological polar surface area (TPSA) is 91.2 Å². The smallest absolute Gasteiger partial charge is 0.161 e. The molecule has 6 nitrogen and oxygen atoms in total. The number of carbonyl (C=O) groups excluding carboxylic acids is 1. The average Bonchev–Trinajstić information content (AvgIpc) is 2.66. The van der Waals surface area contributed by atoms with Gasteiger partial charge in [0.05, 0.1) is 0 Å². The third-order valence-corrected chi connectivity index (χ3v) is 3.83. The minimum Gasteiger partial charge on any atom is -0.388 e. The van der Waals surface area contributed by atoms with Crippen LogP contribution < -0.4 is 5.32 Å². The van der Waals surface area contributed by atoms with Crippen LogP contribution in [-0.2, 0) is 9.53 Å². The molecule has 16 heavy (non-hydrogen) atoms. The summed E-state index contributed by atoms with van der Waals surface area (Å²) in [5, 5.41) is 23.1. The average molecular weight is 246 g/mol. The Balaban J connectivity index is 2.17. The lowest BCUT2D eigenvalue weighted by Crippen LogP contribution is -2.56. The lowest BCUT2D eigenvalue weighted by Gasteiger charge is -2.36. The maximum atomic E-state index is 11.2. The molecule has 0 radical (unpaired) electrons. The van der Waals surface area contributed by atoms with Gasteiger partial charge in [-0.05, 0) is 6.92 Å². The van der Waals surface area contributed by atoms with Crippen molar-refractivity contribution in [1.29, 1.82) is 0 Å². The van der Waals surface area contributed by atoms with Gasteiger partial charge in [-0.15, -0.1) is 0 Å². The Kier molecular flexibility index (Phi) is 3.20. The van der Waals surface area contributed by atoms with Gasteiger partial charge in [-0.25, -0.2) is 0 Å². The number of aliphatic hydroxyl groups excluding tert-OH is 2. The van der Waals surface area contributed by atoms with E-state index in [-0.39, 0.29) is 5.78 Å². The Labute approximate surface area is 97.1 Å². The first-order chi connectivity index (χ1) is 7.54. The van der Waals surface area contributed by atoms with Gasteiger partial charge >= 0.3 is 0 Å². The number of aliphatic hydroxyl groups is 2. The molecule has 3 N–H and O–H groups in total. The van der Waals surface area contributed by atoms with Crippen molar-refractivity contribution in [2.75, 3.05) is 7.05 Å². The second kappa shape index (κ2) is 4.33. The van der Waals surface area contributed by atoms with E-state index in [4.69, 9.17) is 4.74 Å². The van der Waals surface area contributed by atoms with Crippen LogP contribution in [0.5, 0.6) is 0 Å². The number of Topliss-reactive ketones (excluding diaryl/α,β-unsaturated/α-hetero) is 1. The highest BCUT2D eigenvalue weighted by atomic mass is 32.2. The van der Waals surface area contributed by atoms with Gasteiger partial charge in [0.1, 0.15) is 29.8 Å². The van der Waals surface area contributed by atoms with E-state index in [0.29, 0.717) is 5.17 Å². The Bertz CT molecular complexity index is 335. The van der Waals surface area contributed by atoms with Crippen molar-refractivity contribution >= 4 is 22.7 Å². The van der Waals surface area contributed by atoms with E-state index in [2.05, 4.69) is 10.3 Å². The highest BCUT2D eigenvalue weighted by Crippen LogP contribution is 2.35. The fraction of sp³-hybridized carbons (Fsp3) is 0.778. The van der Waals surface area contributed by atoms with Crippen LogP contribution in [0.25, 0.3) is 0 Å². The lowest BCUT2D eigenvalue weighted by atomic mass is 9.96. The molecule has 7 heteroatoms. The van der Waals surface area contributed by atoms with E-state index in [0.717, 1.165) is 0 Å². The van der Waals surface area contributed by atoms with Crippen LogP contribution in [0.3, 0.4) is 0 Å². The number of ketones is 1. The van der Waals surface area contributed by atoms with Crippen LogP contribution >= 0.6 is 11.8 Å². The molecule has 1 saturated heterocycles. The molecule has 0 aliphatic carbocycles.